The number of carbonyl (C=O) groups excluding carboxylic acids is 1. The zero-order valence-electron chi connectivity index (χ0n) is 6.38. The van der Waals surface area contributed by atoms with Crippen molar-refractivity contribution < 1.29 is 24.4 Å². The molecule has 0 aliphatic heterocycles. The number of carbonyl (C=O) groups is 1. The molecule has 72 valence electrons. The third kappa shape index (κ3) is 6.45. The number of aliphatic hydroxyl groups is 2. The molecule has 2 unspecified atom stereocenters. The van der Waals surface area contributed by atoms with Crippen molar-refractivity contribution in [1.29, 1.82) is 0 Å². The molecule has 0 aliphatic carbocycles. The van der Waals surface area contributed by atoms with Gasteiger partial charge in [0.2, 0.25) is 5.91 Å². The fourth-order valence-electron chi connectivity index (χ4n) is 0.404. The minimum atomic E-state index is -1.90. The fourth-order valence-corrected chi connectivity index (χ4v) is 1.11. The Balaban J connectivity index is 3.43. The van der Waals surface area contributed by atoms with Crippen LogP contribution in [0.15, 0.2) is 0 Å². The van der Waals surface area contributed by atoms with Gasteiger partial charge < -0.3 is 25.4 Å². The topological polar surface area (TPSA) is 113 Å². The molecule has 1 amide bonds. The first-order valence-electron chi connectivity index (χ1n) is 3.22. The average Bonchev–Trinajstić information content (AvgIpc) is 1.99. The molecule has 2 atom stereocenters. The molecule has 12 heavy (non-hydrogen) atoms. The molecule has 0 saturated carbocycles. The van der Waals surface area contributed by atoms with Gasteiger partial charge in [0.1, 0.15) is 6.10 Å². The Kier molecular flexibility index (Phi) is 6.14. The third-order valence-corrected chi connectivity index (χ3v) is 1.95. The molecule has 0 aromatic carbocycles. The summed E-state index contributed by atoms with van der Waals surface area (Å²) in [4.78, 5) is 19.1. The number of amides is 1. The minimum Gasteiger partial charge on any atom is -0.394 e. The SMILES string of the molecule is NC(=O)CP(O)OCC(O)CO. The van der Waals surface area contributed by atoms with Crippen molar-refractivity contribution in [2.75, 3.05) is 19.4 Å². The first-order valence-corrected chi connectivity index (χ1v) is 4.62. The lowest BCUT2D eigenvalue weighted by Gasteiger charge is -2.11. The molecule has 0 aromatic rings. The summed E-state index contributed by atoms with van der Waals surface area (Å²) in [6.45, 7) is -0.647. The highest BCUT2D eigenvalue weighted by Gasteiger charge is 2.11. The third-order valence-electron chi connectivity index (χ3n) is 0.918. The fraction of sp³-hybridized carbons (Fsp3) is 0.800. The van der Waals surface area contributed by atoms with Crippen molar-refractivity contribution >= 4 is 14.3 Å². The van der Waals surface area contributed by atoms with Crippen molar-refractivity contribution in [1.82, 2.24) is 0 Å². The zero-order chi connectivity index (χ0) is 9.56. The van der Waals surface area contributed by atoms with Crippen LogP contribution in [0.25, 0.3) is 0 Å². The van der Waals surface area contributed by atoms with Gasteiger partial charge in [-0.2, -0.15) is 0 Å². The van der Waals surface area contributed by atoms with E-state index >= 15 is 0 Å². The van der Waals surface area contributed by atoms with Crippen LogP contribution in [0.2, 0.25) is 0 Å². The predicted molar refractivity (Wildman–Crippen MR) is 42.2 cm³/mol. The van der Waals surface area contributed by atoms with Crippen molar-refractivity contribution in [3.05, 3.63) is 0 Å². The van der Waals surface area contributed by atoms with Crippen molar-refractivity contribution in [2.24, 2.45) is 5.73 Å². The van der Waals surface area contributed by atoms with Gasteiger partial charge in [-0.15, -0.1) is 0 Å². The molecule has 0 aliphatic rings. The van der Waals surface area contributed by atoms with Gasteiger partial charge in [-0.25, -0.2) is 0 Å². The Labute approximate surface area is 70.9 Å². The van der Waals surface area contributed by atoms with E-state index in [0.717, 1.165) is 0 Å². The molecule has 0 aromatic heterocycles. The molecule has 0 heterocycles. The molecule has 0 spiro atoms. The Bertz CT molecular complexity index is 144. The normalized spacial score (nSPS) is 15.6. The smallest absolute Gasteiger partial charge is 0.226 e. The lowest BCUT2D eigenvalue weighted by atomic mass is 10.4. The van der Waals surface area contributed by atoms with E-state index in [2.05, 4.69) is 4.52 Å². The number of aliphatic hydroxyl groups excluding tert-OH is 2. The molecule has 0 radical (unpaired) electrons. The Morgan fingerprint density at radius 1 is 1.67 bits per heavy atom. The second-order valence-corrected chi connectivity index (χ2v) is 3.39. The Morgan fingerprint density at radius 3 is 2.67 bits per heavy atom. The Hall–Kier alpha value is -0.260. The van der Waals surface area contributed by atoms with Gasteiger partial charge in [-0.05, 0) is 0 Å². The van der Waals surface area contributed by atoms with Crippen LogP contribution in [0.5, 0.6) is 0 Å². The summed E-state index contributed by atoms with van der Waals surface area (Å²) in [6.07, 6.45) is -1.29. The molecular formula is C5H12NO5P. The molecule has 5 N–H and O–H groups in total. The first kappa shape index (κ1) is 11.7. The van der Waals surface area contributed by atoms with Crippen molar-refractivity contribution in [3.63, 3.8) is 0 Å². The minimum absolute atomic E-state index is 0.202. The molecule has 0 rings (SSSR count). The zero-order valence-corrected chi connectivity index (χ0v) is 7.28. The van der Waals surface area contributed by atoms with Crippen LogP contribution in [0.3, 0.4) is 0 Å². The largest absolute Gasteiger partial charge is 0.394 e. The van der Waals surface area contributed by atoms with Crippen LogP contribution < -0.4 is 5.73 Å². The van der Waals surface area contributed by atoms with E-state index in [1.165, 1.54) is 0 Å². The van der Waals surface area contributed by atoms with Gasteiger partial charge in [0.25, 0.3) is 0 Å². The number of primary amides is 1. The van der Waals surface area contributed by atoms with Gasteiger partial charge in [-0.1, -0.05) is 0 Å². The summed E-state index contributed by atoms with van der Waals surface area (Å²) in [5, 5.41) is 17.1. The maximum atomic E-state index is 10.2. The summed E-state index contributed by atoms with van der Waals surface area (Å²) >= 11 is 0. The van der Waals surface area contributed by atoms with Gasteiger partial charge in [0.15, 0.2) is 8.38 Å². The van der Waals surface area contributed by atoms with Crippen LogP contribution in [-0.4, -0.2) is 46.5 Å². The van der Waals surface area contributed by atoms with E-state index in [-0.39, 0.29) is 12.8 Å². The molecule has 0 bridgehead atoms. The lowest BCUT2D eigenvalue weighted by molar-refractivity contribution is -0.115. The first-order chi connectivity index (χ1) is 5.56. The van der Waals surface area contributed by atoms with Gasteiger partial charge in [0.05, 0.1) is 19.4 Å². The maximum absolute atomic E-state index is 10.2. The molecule has 7 heteroatoms. The molecular weight excluding hydrogens is 185 g/mol. The van der Waals surface area contributed by atoms with Crippen LogP contribution >= 0.6 is 8.38 Å². The van der Waals surface area contributed by atoms with Crippen molar-refractivity contribution in [3.8, 4) is 0 Å². The quantitative estimate of drug-likeness (QED) is 0.373. The van der Waals surface area contributed by atoms with E-state index in [4.69, 9.17) is 20.8 Å². The van der Waals surface area contributed by atoms with Gasteiger partial charge in [0, 0.05) is 0 Å². The molecule has 6 nitrogen and oxygen atoms in total. The standard InChI is InChI=1S/C5H12NO5P/c6-5(9)3-12(10)11-2-4(8)1-7/h4,7-8,10H,1-3H2,(H2,6,9). The van der Waals surface area contributed by atoms with Crippen molar-refractivity contribution in [2.45, 2.75) is 6.10 Å². The monoisotopic (exact) mass is 197 g/mol. The predicted octanol–water partition coefficient (Wildman–Crippen LogP) is -1.85. The van der Waals surface area contributed by atoms with Crippen LogP contribution in [0, 0.1) is 0 Å². The highest BCUT2D eigenvalue weighted by atomic mass is 31.2. The molecule has 0 fully saturated rings. The summed E-state index contributed by atoms with van der Waals surface area (Å²) < 4.78 is 4.62. The van der Waals surface area contributed by atoms with E-state index in [1.54, 1.807) is 0 Å². The maximum Gasteiger partial charge on any atom is 0.226 e. The van der Waals surface area contributed by atoms with E-state index in [0.29, 0.717) is 0 Å². The number of hydrogen-bond acceptors (Lipinski definition) is 5. The second-order valence-electron chi connectivity index (χ2n) is 2.11. The number of nitrogens with two attached hydrogens (primary N) is 1. The van der Waals surface area contributed by atoms with Gasteiger partial charge >= 0.3 is 0 Å². The molecule has 0 saturated heterocycles. The highest BCUT2D eigenvalue weighted by molar-refractivity contribution is 7.47. The summed E-state index contributed by atoms with van der Waals surface area (Å²) in [6, 6.07) is 0. The number of rotatable bonds is 6. The Morgan fingerprint density at radius 2 is 2.25 bits per heavy atom. The van der Waals surface area contributed by atoms with Gasteiger partial charge in [-0.3, -0.25) is 4.79 Å². The number of hydrogen-bond donors (Lipinski definition) is 4. The summed E-state index contributed by atoms with van der Waals surface area (Å²) in [5.74, 6) is -0.665. The average molecular weight is 197 g/mol. The van der Waals surface area contributed by atoms with Crippen LogP contribution in [0.4, 0.5) is 0 Å². The van der Waals surface area contributed by atoms with Crippen LogP contribution in [0.1, 0.15) is 0 Å². The van der Waals surface area contributed by atoms with E-state index in [9.17, 15) is 4.79 Å². The lowest BCUT2D eigenvalue weighted by Crippen LogP contribution is -2.20. The van der Waals surface area contributed by atoms with E-state index in [1.807, 2.05) is 0 Å². The summed E-state index contributed by atoms with van der Waals surface area (Å²) in [7, 11) is -1.90. The van der Waals surface area contributed by atoms with E-state index < -0.39 is 27.0 Å². The second kappa shape index (κ2) is 6.28. The summed E-state index contributed by atoms with van der Waals surface area (Å²) in [5.41, 5.74) is 4.76. The highest BCUT2D eigenvalue weighted by Crippen LogP contribution is 2.30. The van der Waals surface area contributed by atoms with Crippen LogP contribution in [-0.2, 0) is 9.32 Å².